The molecule has 2 N–H and O–H groups in total. The second-order valence-corrected chi connectivity index (χ2v) is 4.05. The summed E-state index contributed by atoms with van der Waals surface area (Å²) in [6.07, 6.45) is 0. The van der Waals surface area contributed by atoms with Crippen LogP contribution in [0.4, 0.5) is 0 Å². The van der Waals surface area contributed by atoms with E-state index in [0.717, 1.165) is 0 Å². The maximum atomic E-state index is 11.4. The number of aryl methyl sites for hydroxylation is 1. The van der Waals surface area contributed by atoms with Crippen LogP contribution in [-0.2, 0) is 11.3 Å². The number of nitrogens with zero attached hydrogens (tertiary/aromatic N) is 3. The molecular weight excluding hydrogens is 250 g/mol. The van der Waals surface area contributed by atoms with Crippen LogP contribution in [0.5, 0.6) is 0 Å². The van der Waals surface area contributed by atoms with Gasteiger partial charge in [0.2, 0.25) is 0 Å². The number of aromatic amines is 1. The van der Waals surface area contributed by atoms with Crippen molar-refractivity contribution in [2.75, 3.05) is 7.11 Å². The number of H-pyrrole nitrogens is 1. The first-order chi connectivity index (χ1) is 9.11. The van der Waals surface area contributed by atoms with Gasteiger partial charge in [0.15, 0.2) is 5.82 Å². The Bertz CT molecular complexity index is 549. The van der Waals surface area contributed by atoms with Crippen molar-refractivity contribution in [3.63, 3.8) is 0 Å². The molecule has 2 aromatic heterocycles. The SMILES string of the molecule is COC(=O)c1cc(CNC(C)c2nn[nH]n2)oc1C. The summed E-state index contributed by atoms with van der Waals surface area (Å²) in [7, 11) is 1.34. The van der Waals surface area contributed by atoms with Gasteiger partial charge in [0.05, 0.1) is 19.7 Å². The summed E-state index contributed by atoms with van der Waals surface area (Å²) in [5, 5.41) is 16.8. The molecule has 1 atom stereocenters. The Morgan fingerprint density at radius 3 is 3.05 bits per heavy atom. The molecule has 0 aliphatic carbocycles. The molecule has 2 aromatic rings. The van der Waals surface area contributed by atoms with Crippen molar-refractivity contribution in [2.45, 2.75) is 26.4 Å². The van der Waals surface area contributed by atoms with Crippen molar-refractivity contribution in [3.8, 4) is 0 Å². The molecule has 2 rings (SSSR count). The summed E-state index contributed by atoms with van der Waals surface area (Å²) in [5.74, 6) is 1.35. The predicted molar refractivity (Wildman–Crippen MR) is 64.2 cm³/mol. The van der Waals surface area contributed by atoms with Crippen LogP contribution in [0.25, 0.3) is 0 Å². The Morgan fingerprint density at radius 1 is 1.63 bits per heavy atom. The van der Waals surface area contributed by atoms with Gasteiger partial charge in [-0.1, -0.05) is 5.21 Å². The summed E-state index contributed by atoms with van der Waals surface area (Å²) in [6.45, 7) is 4.08. The predicted octanol–water partition coefficient (Wildman–Crippen LogP) is 0.739. The van der Waals surface area contributed by atoms with Crippen LogP contribution >= 0.6 is 0 Å². The first-order valence-electron chi connectivity index (χ1n) is 5.76. The largest absolute Gasteiger partial charge is 0.465 e. The minimum Gasteiger partial charge on any atom is -0.465 e. The highest BCUT2D eigenvalue weighted by Gasteiger charge is 2.16. The third-order valence-corrected chi connectivity index (χ3v) is 2.71. The lowest BCUT2D eigenvalue weighted by atomic mass is 10.2. The van der Waals surface area contributed by atoms with Gasteiger partial charge in [-0.05, 0) is 19.9 Å². The molecule has 1 unspecified atom stereocenters. The molecule has 0 aliphatic heterocycles. The molecule has 8 heteroatoms. The molecule has 102 valence electrons. The zero-order chi connectivity index (χ0) is 13.8. The Balaban J connectivity index is 1.98. The van der Waals surface area contributed by atoms with Crippen LogP contribution in [0, 0.1) is 6.92 Å². The van der Waals surface area contributed by atoms with Crippen LogP contribution < -0.4 is 5.32 Å². The number of nitrogens with one attached hydrogen (secondary N) is 2. The van der Waals surface area contributed by atoms with Gasteiger partial charge in [-0.15, -0.1) is 10.2 Å². The third-order valence-electron chi connectivity index (χ3n) is 2.71. The van der Waals surface area contributed by atoms with Gasteiger partial charge in [0.1, 0.15) is 17.1 Å². The van der Waals surface area contributed by atoms with Crippen LogP contribution in [0.1, 0.15) is 40.7 Å². The lowest BCUT2D eigenvalue weighted by Crippen LogP contribution is -2.19. The minimum atomic E-state index is -0.404. The van der Waals surface area contributed by atoms with Gasteiger partial charge in [0.25, 0.3) is 0 Å². The quantitative estimate of drug-likeness (QED) is 0.768. The molecule has 0 radical (unpaired) electrons. The summed E-state index contributed by atoms with van der Waals surface area (Å²) < 4.78 is 10.1. The fourth-order valence-electron chi connectivity index (χ4n) is 1.64. The Hall–Kier alpha value is -2.22. The van der Waals surface area contributed by atoms with E-state index in [2.05, 4.69) is 30.7 Å². The van der Waals surface area contributed by atoms with E-state index < -0.39 is 5.97 Å². The molecule has 8 nitrogen and oxygen atoms in total. The zero-order valence-corrected chi connectivity index (χ0v) is 10.9. The second kappa shape index (κ2) is 5.61. The van der Waals surface area contributed by atoms with E-state index in [0.29, 0.717) is 29.5 Å². The number of methoxy groups -OCH3 is 1. The summed E-state index contributed by atoms with van der Waals surface area (Å²) in [6, 6.07) is 1.59. The van der Waals surface area contributed by atoms with Crippen molar-refractivity contribution in [2.24, 2.45) is 0 Å². The van der Waals surface area contributed by atoms with Gasteiger partial charge in [-0.25, -0.2) is 4.79 Å². The van der Waals surface area contributed by atoms with E-state index in [-0.39, 0.29) is 6.04 Å². The van der Waals surface area contributed by atoms with Crippen LogP contribution in [-0.4, -0.2) is 33.7 Å². The van der Waals surface area contributed by atoms with Crippen LogP contribution in [0.2, 0.25) is 0 Å². The lowest BCUT2D eigenvalue weighted by molar-refractivity contribution is 0.0599. The average molecular weight is 265 g/mol. The average Bonchev–Trinajstić information content (AvgIpc) is 3.04. The normalized spacial score (nSPS) is 12.4. The van der Waals surface area contributed by atoms with Crippen LogP contribution in [0.15, 0.2) is 10.5 Å². The van der Waals surface area contributed by atoms with Crippen molar-refractivity contribution in [1.82, 2.24) is 25.9 Å². The van der Waals surface area contributed by atoms with E-state index in [9.17, 15) is 4.79 Å². The first kappa shape index (κ1) is 13.2. The lowest BCUT2D eigenvalue weighted by Gasteiger charge is -2.07. The van der Waals surface area contributed by atoms with E-state index in [1.807, 2.05) is 6.92 Å². The first-order valence-corrected chi connectivity index (χ1v) is 5.76. The molecule has 0 saturated carbocycles. The molecule has 19 heavy (non-hydrogen) atoms. The summed E-state index contributed by atoms with van der Waals surface area (Å²) >= 11 is 0. The monoisotopic (exact) mass is 265 g/mol. The number of aromatic nitrogens is 4. The molecular formula is C11H15N5O3. The molecule has 2 heterocycles. The standard InChI is InChI=1S/C11H15N5O3/c1-6(10-13-15-16-14-10)12-5-8-4-9(7(2)19-8)11(17)18-3/h4,6,12H,5H2,1-3H3,(H,13,14,15,16). The number of hydrogen-bond acceptors (Lipinski definition) is 7. The van der Waals surface area contributed by atoms with Gasteiger partial charge < -0.3 is 14.5 Å². The van der Waals surface area contributed by atoms with E-state index >= 15 is 0 Å². The Labute approximate surface area is 109 Å². The molecule has 0 spiro atoms. The Morgan fingerprint density at radius 2 is 2.42 bits per heavy atom. The number of furan rings is 1. The number of rotatable bonds is 5. The number of carbonyl (C=O) groups is 1. The highest BCUT2D eigenvalue weighted by atomic mass is 16.5. The highest BCUT2D eigenvalue weighted by molar-refractivity contribution is 5.90. The molecule has 0 aromatic carbocycles. The molecule has 0 saturated heterocycles. The van der Waals surface area contributed by atoms with Crippen molar-refractivity contribution in [1.29, 1.82) is 0 Å². The smallest absolute Gasteiger partial charge is 0.341 e. The molecule has 0 aliphatic rings. The van der Waals surface area contributed by atoms with E-state index in [1.165, 1.54) is 7.11 Å². The van der Waals surface area contributed by atoms with Crippen molar-refractivity contribution < 1.29 is 13.9 Å². The molecule has 0 amide bonds. The fourth-order valence-corrected chi connectivity index (χ4v) is 1.64. The number of tetrazole rings is 1. The van der Waals surface area contributed by atoms with Gasteiger partial charge >= 0.3 is 5.97 Å². The maximum absolute atomic E-state index is 11.4. The molecule has 0 fully saturated rings. The minimum absolute atomic E-state index is 0.0780. The van der Waals surface area contributed by atoms with E-state index in [1.54, 1.807) is 13.0 Å². The van der Waals surface area contributed by atoms with Gasteiger partial charge in [-0.3, -0.25) is 0 Å². The van der Waals surface area contributed by atoms with Gasteiger partial charge in [0, 0.05) is 0 Å². The fraction of sp³-hybridized carbons (Fsp3) is 0.455. The highest BCUT2D eigenvalue weighted by Crippen LogP contribution is 2.16. The zero-order valence-electron chi connectivity index (χ0n) is 10.9. The van der Waals surface area contributed by atoms with Crippen molar-refractivity contribution in [3.05, 3.63) is 29.0 Å². The number of esters is 1. The van der Waals surface area contributed by atoms with Gasteiger partial charge in [-0.2, -0.15) is 5.21 Å². The van der Waals surface area contributed by atoms with Crippen LogP contribution in [0.3, 0.4) is 0 Å². The second-order valence-electron chi connectivity index (χ2n) is 4.05. The van der Waals surface area contributed by atoms with E-state index in [4.69, 9.17) is 4.42 Å². The number of carbonyl (C=O) groups excluding carboxylic acids is 1. The number of hydrogen-bond donors (Lipinski definition) is 2. The Kier molecular flexibility index (Phi) is 3.91. The number of ether oxygens (including phenoxy) is 1. The topological polar surface area (TPSA) is 106 Å². The maximum Gasteiger partial charge on any atom is 0.341 e. The molecule has 0 bridgehead atoms. The van der Waals surface area contributed by atoms with Crippen molar-refractivity contribution >= 4 is 5.97 Å². The summed E-state index contributed by atoms with van der Waals surface area (Å²) in [4.78, 5) is 11.4. The third kappa shape index (κ3) is 2.97. The summed E-state index contributed by atoms with van der Waals surface area (Å²) in [5.41, 5.74) is 0.437.